The highest BCUT2D eigenvalue weighted by Crippen LogP contribution is 2.31. The van der Waals surface area contributed by atoms with Gasteiger partial charge in [-0.3, -0.25) is 15.0 Å². The highest BCUT2D eigenvalue weighted by Gasteiger charge is 2.24. The number of hydrogen-bond acceptors (Lipinski definition) is 8. The Morgan fingerprint density at radius 2 is 1.84 bits per heavy atom. The van der Waals surface area contributed by atoms with E-state index in [1.165, 1.54) is 4.68 Å². The third-order valence-corrected chi connectivity index (χ3v) is 5.18. The molecule has 3 rings (SSSR count). The highest BCUT2D eigenvalue weighted by molar-refractivity contribution is 5.94. The van der Waals surface area contributed by atoms with Crippen LogP contribution in [0.3, 0.4) is 0 Å². The molecule has 1 aromatic heterocycles. The number of nitrogen functional groups attached to an aromatic ring is 1. The van der Waals surface area contributed by atoms with E-state index < -0.39 is 24.8 Å². The van der Waals surface area contributed by atoms with Crippen molar-refractivity contribution in [3.05, 3.63) is 71.4 Å². The van der Waals surface area contributed by atoms with Crippen molar-refractivity contribution in [2.24, 2.45) is 5.73 Å². The number of esters is 2. The molecule has 37 heavy (non-hydrogen) atoms. The van der Waals surface area contributed by atoms with Gasteiger partial charge in [-0.2, -0.15) is 5.10 Å². The zero-order valence-corrected chi connectivity index (χ0v) is 20.8. The van der Waals surface area contributed by atoms with E-state index in [0.717, 1.165) is 18.1 Å². The molecule has 0 radical (unpaired) electrons. The summed E-state index contributed by atoms with van der Waals surface area (Å²) in [5.74, 6) is -1.58. The highest BCUT2D eigenvalue weighted by atomic mass is 16.6. The predicted molar refractivity (Wildman–Crippen MR) is 135 cm³/mol. The molecule has 1 amide bonds. The lowest BCUT2D eigenvalue weighted by atomic mass is 10.1. The molecule has 1 heterocycles. The Balaban J connectivity index is 1.77. The number of nitrogens with zero attached hydrogens (tertiary/aromatic N) is 2. The molecule has 11 nitrogen and oxygen atoms in total. The number of benzene rings is 2. The van der Waals surface area contributed by atoms with Gasteiger partial charge in [-0.1, -0.05) is 36.4 Å². The van der Waals surface area contributed by atoms with Gasteiger partial charge in [-0.05, 0) is 37.1 Å². The predicted octanol–water partition coefficient (Wildman–Crippen LogP) is 2.46. The van der Waals surface area contributed by atoms with Crippen LogP contribution < -0.4 is 15.8 Å². The van der Waals surface area contributed by atoms with Crippen molar-refractivity contribution >= 4 is 23.7 Å². The summed E-state index contributed by atoms with van der Waals surface area (Å²) in [6.45, 7) is 4.82. The minimum atomic E-state index is -1.02. The molecule has 0 aliphatic rings. The van der Waals surface area contributed by atoms with E-state index >= 15 is 0 Å². The summed E-state index contributed by atoms with van der Waals surface area (Å²) in [5.41, 5.74) is 8.79. The number of carbonyl (C=O) groups is 3. The number of aryl methyl sites for hydroxylation is 1. The standard InChI is InChI=1S/C26H29N5O6/c1-4-35-26(25(34)29-13-18-9-11-19(12-10-18)24(27)28)31-14-16(2)23(30-31)20-7-5-6-8-21(20)36-15-22(33)37-17(3)32/h5-12,14,26H,4,13,15H2,1-3H3,(H3,27,28)(H,29,34). The number of ether oxygens (including phenoxy) is 3. The van der Waals surface area contributed by atoms with Crippen molar-refractivity contribution in [3.8, 4) is 17.0 Å². The molecule has 0 fully saturated rings. The Labute approximate surface area is 214 Å². The first-order chi connectivity index (χ1) is 17.7. The van der Waals surface area contributed by atoms with Crippen LogP contribution in [-0.4, -0.2) is 46.7 Å². The van der Waals surface area contributed by atoms with E-state index in [9.17, 15) is 14.4 Å². The Morgan fingerprint density at radius 3 is 2.49 bits per heavy atom. The van der Waals surface area contributed by atoms with Crippen LogP contribution >= 0.6 is 0 Å². The van der Waals surface area contributed by atoms with Crippen molar-refractivity contribution in [3.63, 3.8) is 0 Å². The monoisotopic (exact) mass is 507 g/mol. The fraction of sp³-hybridized carbons (Fsp3) is 0.269. The van der Waals surface area contributed by atoms with Crippen molar-refractivity contribution in [2.45, 2.75) is 33.5 Å². The fourth-order valence-corrected chi connectivity index (χ4v) is 3.49. The summed E-state index contributed by atoms with van der Waals surface area (Å²) in [4.78, 5) is 35.7. The molecule has 2 aromatic carbocycles. The quantitative estimate of drug-likeness (QED) is 0.154. The van der Waals surface area contributed by atoms with Gasteiger partial charge < -0.3 is 25.3 Å². The number of carbonyl (C=O) groups excluding carboxylic acids is 3. The van der Waals surface area contributed by atoms with Crippen LogP contribution in [0.15, 0.2) is 54.7 Å². The van der Waals surface area contributed by atoms with E-state index in [-0.39, 0.29) is 24.9 Å². The first-order valence-corrected chi connectivity index (χ1v) is 11.5. The number of nitrogens with one attached hydrogen (secondary N) is 2. The molecular weight excluding hydrogens is 478 g/mol. The van der Waals surface area contributed by atoms with Crippen LogP contribution in [0, 0.1) is 12.3 Å². The van der Waals surface area contributed by atoms with E-state index in [1.807, 2.05) is 6.92 Å². The molecule has 11 heteroatoms. The second-order valence-electron chi connectivity index (χ2n) is 8.03. The van der Waals surface area contributed by atoms with Gasteiger partial charge in [0.2, 0.25) is 6.23 Å². The SMILES string of the molecule is CCOC(C(=O)NCc1ccc(C(=N)N)cc1)n1cc(C)c(-c2ccccc2OCC(=O)OC(C)=O)n1. The number of rotatable bonds is 11. The number of aromatic nitrogens is 2. The molecule has 0 aliphatic heterocycles. The number of para-hydroxylation sites is 1. The van der Waals surface area contributed by atoms with E-state index in [2.05, 4.69) is 15.2 Å². The van der Waals surface area contributed by atoms with Gasteiger partial charge in [-0.15, -0.1) is 0 Å². The molecule has 1 atom stereocenters. The van der Waals surface area contributed by atoms with Crippen LogP contribution in [0.2, 0.25) is 0 Å². The molecular formula is C26H29N5O6. The minimum Gasteiger partial charge on any atom is -0.481 e. The fourth-order valence-electron chi connectivity index (χ4n) is 3.49. The maximum Gasteiger partial charge on any atom is 0.351 e. The van der Waals surface area contributed by atoms with Gasteiger partial charge >= 0.3 is 11.9 Å². The van der Waals surface area contributed by atoms with Crippen molar-refractivity contribution < 1.29 is 28.6 Å². The third kappa shape index (κ3) is 7.24. The lowest BCUT2D eigenvalue weighted by Crippen LogP contribution is -2.34. The first-order valence-electron chi connectivity index (χ1n) is 11.5. The van der Waals surface area contributed by atoms with E-state index in [0.29, 0.717) is 22.6 Å². The molecule has 0 aliphatic carbocycles. The van der Waals surface area contributed by atoms with Crippen molar-refractivity contribution in [1.82, 2.24) is 15.1 Å². The van der Waals surface area contributed by atoms with Crippen LogP contribution in [0.5, 0.6) is 5.75 Å². The van der Waals surface area contributed by atoms with Gasteiger partial charge in [0, 0.05) is 37.4 Å². The summed E-state index contributed by atoms with van der Waals surface area (Å²) < 4.78 is 17.2. The number of amidine groups is 1. The van der Waals surface area contributed by atoms with Crippen molar-refractivity contribution in [1.29, 1.82) is 5.41 Å². The summed E-state index contributed by atoms with van der Waals surface area (Å²) in [6, 6.07) is 14.0. The number of amides is 1. The van der Waals surface area contributed by atoms with E-state index in [1.54, 1.807) is 61.7 Å². The lowest BCUT2D eigenvalue weighted by Gasteiger charge is -2.17. The number of nitrogens with two attached hydrogens (primary N) is 1. The Hall–Kier alpha value is -4.51. The summed E-state index contributed by atoms with van der Waals surface area (Å²) in [6.07, 6.45) is 0.671. The van der Waals surface area contributed by atoms with Crippen LogP contribution in [0.4, 0.5) is 0 Å². The van der Waals surface area contributed by atoms with Crippen LogP contribution in [0.25, 0.3) is 11.3 Å². The summed E-state index contributed by atoms with van der Waals surface area (Å²) in [7, 11) is 0. The van der Waals surface area contributed by atoms with Crippen molar-refractivity contribution in [2.75, 3.05) is 13.2 Å². The Morgan fingerprint density at radius 1 is 1.14 bits per heavy atom. The average Bonchev–Trinajstić information content (AvgIpc) is 3.25. The van der Waals surface area contributed by atoms with Gasteiger partial charge in [0.25, 0.3) is 5.91 Å². The van der Waals surface area contributed by atoms with Crippen LogP contribution in [0.1, 0.15) is 36.8 Å². The van der Waals surface area contributed by atoms with Gasteiger partial charge in [0.05, 0.1) is 5.69 Å². The van der Waals surface area contributed by atoms with E-state index in [4.69, 9.17) is 20.6 Å². The molecule has 4 N–H and O–H groups in total. The second kappa shape index (κ2) is 12.5. The third-order valence-electron chi connectivity index (χ3n) is 5.18. The summed E-state index contributed by atoms with van der Waals surface area (Å²) in [5, 5.41) is 14.9. The topological polar surface area (TPSA) is 159 Å². The lowest BCUT2D eigenvalue weighted by molar-refractivity contribution is -0.159. The van der Waals surface area contributed by atoms with Gasteiger partial charge in [0.15, 0.2) is 6.61 Å². The number of hydrogen-bond donors (Lipinski definition) is 3. The summed E-state index contributed by atoms with van der Waals surface area (Å²) >= 11 is 0. The average molecular weight is 508 g/mol. The Kier molecular flexibility index (Phi) is 9.11. The maximum atomic E-state index is 13.0. The second-order valence-corrected chi connectivity index (χ2v) is 8.03. The largest absolute Gasteiger partial charge is 0.481 e. The van der Waals surface area contributed by atoms with Crippen LogP contribution in [-0.2, 0) is 30.4 Å². The molecule has 0 spiro atoms. The van der Waals surface area contributed by atoms with Gasteiger partial charge in [0.1, 0.15) is 11.6 Å². The Bertz CT molecular complexity index is 1280. The zero-order valence-electron chi connectivity index (χ0n) is 20.8. The first kappa shape index (κ1) is 27.1. The zero-order chi connectivity index (χ0) is 26.9. The molecule has 3 aromatic rings. The minimum absolute atomic E-state index is 0.0279. The molecule has 0 saturated carbocycles. The normalized spacial score (nSPS) is 11.4. The molecule has 0 saturated heterocycles. The van der Waals surface area contributed by atoms with Gasteiger partial charge in [-0.25, -0.2) is 9.48 Å². The molecule has 0 bridgehead atoms. The maximum absolute atomic E-state index is 13.0. The molecule has 194 valence electrons. The molecule has 1 unspecified atom stereocenters. The smallest absolute Gasteiger partial charge is 0.351 e.